The molecule has 0 bridgehead atoms. The number of fused-ring (bicyclic) bond motifs is 6. The molecule has 2 aliphatic heterocycles. The molecule has 0 unspecified atom stereocenters. The topological polar surface area (TPSA) is 40.6 Å². The van der Waals surface area contributed by atoms with E-state index in [0.29, 0.717) is 0 Å². The third kappa shape index (κ3) is 4.14. The van der Waals surface area contributed by atoms with Gasteiger partial charge in [0.05, 0.1) is 32.2 Å². The second kappa shape index (κ2) is 9.74. The van der Waals surface area contributed by atoms with Crippen molar-refractivity contribution in [3.63, 3.8) is 0 Å². The average Bonchev–Trinajstić information content (AvgIpc) is 3.47. The molecule has 2 aromatic carbocycles. The number of hydrogen-bond donors (Lipinski definition) is 0. The Morgan fingerprint density at radius 2 is 1.05 bits per heavy atom. The first-order chi connectivity index (χ1) is 18.8. The second-order valence-corrected chi connectivity index (χ2v) is 17.1. The normalized spacial score (nSPS) is 16.1. The van der Waals surface area contributed by atoms with Crippen LogP contribution in [0.3, 0.4) is 0 Å². The number of anilines is 2. The van der Waals surface area contributed by atoms with Crippen molar-refractivity contribution in [3.8, 4) is 22.3 Å². The molecule has 0 saturated carbocycles. The SMILES string of the molecule is Cc1ccc2c(c1)-c1c(ssc1=S)C(C)(C)N2C(=O)CCC(=O)N1c2ccc(C)cc2-c2c(ssc2=S)C1(C)C. The molecule has 4 nitrogen and oxygen atoms in total. The van der Waals surface area contributed by atoms with Crippen molar-refractivity contribution in [3.05, 3.63) is 64.9 Å². The quantitative estimate of drug-likeness (QED) is 0.165. The number of amides is 2. The molecule has 2 aromatic heterocycles. The van der Waals surface area contributed by atoms with Crippen molar-refractivity contribution in [1.29, 1.82) is 0 Å². The molecule has 0 spiro atoms. The van der Waals surface area contributed by atoms with Gasteiger partial charge in [0.15, 0.2) is 0 Å². The lowest BCUT2D eigenvalue weighted by molar-refractivity contribution is -0.125. The molecular formula is C30H28N2O2S6. The van der Waals surface area contributed by atoms with Gasteiger partial charge in [-0.2, -0.15) is 0 Å². The highest BCUT2D eigenvalue weighted by Crippen LogP contribution is 2.54. The van der Waals surface area contributed by atoms with Crippen LogP contribution in [0.5, 0.6) is 0 Å². The number of benzene rings is 2. The summed E-state index contributed by atoms with van der Waals surface area (Å²) in [6.45, 7) is 12.4. The van der Waals surface area contributed by atoms with Gasteiger partial charge >= 0.3 is 0 Å². The summed E-state index contributed by atoms with van der Waals surface area (Å²) in [4.78, 5) is 34.1. The molecule has 2 amide bonds. The fourth-order valence-electron chi connectivity index (χ4n) is 6.02. The van der Waals surface area contributed by atoms with Crippen LogP contribution in [0.2, 0.25) is 0 Å². The van der Waals surface area contributed by atoms with Crippen molar-refractivity contribution < 1.29 is 9.59 Å². The minimum Gasteiger partial charge on any atom is -0.301 e. The maximum absolute atomic E-state index is 14.0. The van der Waals surface area contributed by atoms with Crippen LogP contribution < -0.4 is 9.80 Å². The Hall–Kier alpha value is -2.08. The summed E-state index contributed by atoms with van der Waals surface area (Å²) >= 11 is 11.4. The third-order valence-electron chi connectivity index (χ3n) is 7.87. The molecule has 0 aliphatic carbocycles. The standard InChI is InChI=1S/C30H28N2O2S6/c1-15-7-9-19-17(13-15)23-25(37-39-27(23)35)29(3,4)31(19)21(33)11-12-22(34)32-20-10-8-16(2)14-18(20)24-26(30(32,5)6)38-40-28(24)36/h7-10,13-14H,11-12H2,1-6H3. The summed E-state index contributed by atoms with van der Waals surface area (Å²) in [5.41, 5.74) is 6.97. The van der Waals surface area contributed by atoms with Crippen LogP contribution in [0.15, 0.2) is 36.4 Å². The molecule has 0 N–H and O–H groups in total. The Kier molecular flexibility index (Phi) is 6.84. The molecule has 4 heterocycles. The van der Waals surface area contributed by atoms with Crippen LogP contribution in [-0.4, -0.2) is 11.8 Å². The Balaban J connectivity index is 1.34. The molecule has 206 valence electrons. The number of nitrogens with zero attached hydrogens (tertiary/aromatic N) is 2. The van der Waals surface area contributed by atoms with Crippen molar-refractivity contribution >= 4 is 89.0 Å². The number of rotatable bonds is 3. The molecule has 6 rings (SSSR count). The smallest absolute Gasteiger partial charge is 0.228 e. The molecule has 0 radical (unpaired) electrons. The van der Waals surface area contributed by atoms with Gasteiger partial charge in [-0.15, -0.1) is 0 Å². The molecule has 2 aliphatic rings. The zero-order valence-corrected chi connectivity index (χ0v) is 27.9. The van der Waals surface area contributed by atoms with Crippen LogP contribution in [0.25, 0.3) is 22.3 Å². The summed E-state index contributed by atoms with van der Waals surface area (Å²) in [5.74, 6) is -0.131. The first-order valence-electron chi connectivity index (χ1n) is 13.0. The van der Waals surface area contributed by atoms with Crippen LogP contribution in [0.1, 0.15) is 61.4 Å². The van der Waals surface area contributed by atoms with Gasteiger partial charge in [0.25, 0.3) is 0 Å². The fraction of sp³-hybridized carbons (Fsp3) is 0.333. The highest BCUT2D eigenvalue weighted by Gasteiger charge is 2.45. The zero-order valence-electron chi connectivity index (χ0n) is 23.0. The monoisotopic (exact) mass is 640 g/mol. The Morgan fingerprint density at radius 3 is 1.43 bits per heavy atom. The summed E-state index contributed by atoms with van der Waals surface area (Å²) < 4.78 is 1.72. The van der Waals surface area contributed by atoms with Crippen LogP contribution in [-0.2, 0) is 20.7 Å². The van der Waals surface area contributed by atoms with E-state index in [1.165, 1.54) is 0 Å². The zero-order chi connectivity index (χ0) is 28.7. The van der Waals surface area contributed by atoms with Crippen LogP contribution in [0.4, 0.5) is 11.4 Å². The third-order valence-corrected chi connectivity index (χ3v) is 14.5. The highest BCUT2D eigenvalue weighted by molar-refractivity contribution is 7.80. The lowest BCUT2D eigenvalue weighted by Gasteiger charge is -2.44. The van der Waals surface area contributed by atoms with E-state index in [1.807, 2.05) is 34.1 Å². The summed E-state index contributed by atoms with van der Waals surface area (Å²) in [6, 6.07) is 12.3. The largest absolute Gasteiger partial charge is 0.301 e. The number of carbonyl (C=O) groups is 2. The first kappa shape index (κ1) is 28.1. The van der Waals surface area contributed by atoms with Crippen LogP contribution in [0, 0.1) is 21.5 Å². The Labute approximate surface area is 259 Å². The molecule has 0 atom stereocenters. The van der Waals surface area contributed by atoms with Crippen LogP contribution >= 0.6 is 65.8 Å². The summed E-state index contributed by atoms with van der Waals surface area (Å²) in [6.07, 6.45) is 0.223. The molecule has 0 fully saturated rings. The maximum Gasteiger partial charge on any atom is 0.228 e. The molecule has 40 heavy (non-hydrogen) atoms. The Bertz CT molecular complexity index is 1700. The van der Waals surface area contributed by atoms with Crippen molar-refractivity contribution in [2.75, 3.05) is 9.80 Å². The fourth-order valence-corrected chi connectivity index (χ4v) is 12.6. The lowest BCUT2D eigenvalue weighted by atomic mass is 9.86. The van der Waals surface area contributed by atoms with Gasteiger partial charge in [-0.25, -0.2) is 0 Å². The van der Waals surface area contributed by atoms with Gasteiger partial charge in [-0.1, -0.05) is 89.1 Å². The van der Waals surface area contributed by atoms with E-state index in [9.17, 15) is 9.59 Å². The predicted molar refractivity (Wildman–Crippen MR) is 177 cm³/mol. The Morgan fingerprint density at radius 1 is 0.675 bits per heavy atom. The van der Waals surface area contributed by atoms with E-state index in [4.69, 9.17) is 24.4 Å². The van der Waals surface area contributed by atoms with E-state index in [0.717, 1.165) is 62.2 Å². The van der Waals surface area contributed by atoms with Gasteiger partial charge in [-0.3, -0.25) is 9.59 Å². The van der Waals surface area contributed by atoms with E-state index in [2.05, 4.69) is 53.7 Å². The minimum absolute atomic E-state index is 0.0655. The molecule has 4 aromatic rings. The second-order valence-electron chi connectivity index (χ2n) is 11.4. The summed E-state index contributed by atoms with van der Waals surface area (Å²) in [7, 11) is 6.47. The van der Waals surface area contributed by atoms with Gasteiger partial charge in [0.2, 0.25) is 11.8 Å². The molecule has 0 saturated heterocycles. The van der Waals surface area contributed by atoms with E-state index in [1.54, 1.807) is 41.4 Å². The summed E-state index contributed by atoms with van der Waals surface area (Å²) in [5, 5.41) is 0. The van der Waals surface area contributed by atoms with E-state index in [-0.39, 0.29) is 24.7 Å². The van der Waals surface area contributed by atoms with Crippen molar-refractivity contribution in [2.24, 2.45) is 0 Å². The number of carbonyl (C=O) groups excluding carboxylic acids is 2. The number of hydrogen-bond acceptors (Lipinski definition) is 8. The minimum atomic E-state index is -0.572. The van der Waals surface area contributed by atoms with Gasteiger partial charge in [0.1, 0.15) is 7.65 Å². The van der Waals surface area contributed by atoms with Gasteiger partial charge in [0, 0.05) is 35.1 Å². The average molecular weight is 641 g/mol. The predicted octanol–water partition coefficient (Wildman–Crippen LogP) is 9.99. The highest BCUT2D eigenvalue weighted by atomic mass is 32.9. The van der Waals surface area contributed by atoms with Crippen molar-refractivity contribution in [1.82, 2.24) is 0 Å². The van der Waals surface area contributed by atoms with Gasteiger partial charge < -0.3 is 9.80 Å². The molecular weight excluding hydrogens is 613 g/mol. The van der Waals surface area contributed by atoms with E-state index < -0.39 is 11.1 Å². The van der Waals surface area contributed by atoms with Crippen molar-refractivity contribution in [2.45, 2.75) is 65.5 Å². The molecule has 10 heteroatoms. The number of aryl methyl sites for hydroxylation is 2. The van der Waals surface area contributed by atoms with Gasteiger partial charge in [-0.05, 0) is 65.8 Å². The maximum atomic E-state index is 14.0. The van der Waals surface area contributed by atoms with E-state index >= 15 is 0 Å². The first-order valence-corrected chi connectivity index (χ1v) is 18.1. The lowest BCUT2D eigenvalue weighted by Crippen LogP contribution is -2.49.